The monoisotopic (exact) mass is 224 g/mol. The number of likely N-dealkylation sites (tertiary alicyclic amines) is 1. The summed E-state index contributed by atoms with van der Waals surface area (Å²) in [4.78, 5) is 14.7. The highest BCUT2D eigenvalue weighted by atomic mass is 19.2. The number of Topliss-reactive ketones (excluding diaryl/α,β-unsaturated/α-hetero) is 1. The highest BCUT2D eigenvalue weighted by Crippen LogP contribution is 2.19. The minimum absolute atomic E-state index is 0.166. The molecular formula is C12H17FN2O. The van der Waals surface area contributed by atoms with E-state index in [1.54, 1.807) is 6.07 Å². The van der Waals surface area contributed by atoms with Crippen LogP contribution in [-0.4, -0.2) is 35.6 Å². The maximum Gasteiger partial charge on any atom is 0.140 e. The lowest BCUT2D eigenvalue weighted by Gasteiger charge is -2.27. The smallest absolute Gasteiger partial charge is 0.140 e. The molecule has 2 heterocycles. The predicted molar refractivity (Wildman–Crippen MR) is 59.9 cm³/mol. The van der Waals surface area contributed by atoms with Gasteiger partial charge in [-0.05, 0) is 44.6 Å². The van der Waals surface area contributed by atoms with Crippen molar-refractivity contribution in [3.8, 4) is 0 Å². The van der Waals surface area contributed by atoms with E-state index in [9.17, 15) is 9.28 Å². The van der Waals surface area contributed by atoms with E-state index >= 15 is 0 Å². The lowest BCUT2D eigenvalue weighted by molar-refractivity contribution is -0.123. The first-order valence-electron chi connectivity index (χ1n) is 5.69. The lowest BCUT2D eigenvalue weighted by atomic mass is 9.90. The van der Waals surface area contributed by atoms with Gasteiger partial charge in [0.2, 0.25) is 0 Å². The van der Waals surface area contributed by atoms with Gasteiger partial charge in [0.1, 0.15) is 5.78 Å². The zero-order chi connectivity index (χ0) is 11.5. The SMILES string of the molecule is CN1CCC(C(=O)Cc2ccn(F)c2)CC1. The fourth-order valence-corrected chi connectivity index (χ4v) is 2.19. The normalized spacial score (nSPS) is 18.9. The van der Waals surface area contributed by atoms with Crippen LogP contribution < -0.4 is 0 Å². The van der Waals surface area contributed by atoms with Crippen LogP contribution in [0.2, 0.25) is 0 Å². The highest BCUT2D eigenvalue weighted by Gasteiger charge is 2.23. The third-order valence-electron chi connectivity index (χ3n) is 3.27. The number of piperidine rings is 1. The first-order chi connectivity index (χ1) is 7.65. The molecule has 2 rings (SSSR count). The quantitative estimate of drug-likeness (QED) is 0.780. The summed E-state index contributed by atoms with van der Waals surface area (Å²) in [6.07, 6.45) is 4.94. The molecule has 0 aromatic carbocycles. The number of halogens is 1. The van der Waals surface area contributed by atoms with Crippen LogP contribution in [0.4, 0.5) is 4.48 Å². The van der Waals surface area contributed by atoms with Crippen LogP contribution in [0.25, 0.3) is 0 Å². The molecule has 1 aliphatic heterocycles. The van der Waals surface area contributed by atoms with Gasteiger partial charge in [0.05, 0.1) is 0 Å². The van der Waals surface area contributed by atoms with E-state index in [1.165, 1.54) is 12.4 Å². The van der Waals surface area contributed by atoms with Gasteiger partial charge in [0, 0.05) is 24.7 Å². The van der Waals surface area contributed by atoms with Crippen LogP contribution in [0.15, 0.2) is 18.5 Å². The number of carbonyl (C=O) groups excluding carboxylic acids is 1. The van der Waals surface area contributed by atoms with E-state index in [4.69, 9.17) is 0 Å². The molecule has 0 amide bonds. The highest BCUT2D eigenvalue weighted by molar-refractivity contribution is 5.83. The second-order valence-electron chi connectivity index (χ2n) is 4.58. The Morgan fingerprint density at radius 2 is 2.19 bits per heavy atom. The minimum atomic E-state index is 0.166. The third-order valence-corrected chi connectivity index (χ3v) is 3.27. The molecule has 0 unspecified atom stereocenters. The Morgan fingerprint density at radius 1 is 1.50 bits per heavy atom. The Labute approximate surface area is 94.8 Å². The van der Waals surface area contributed by atoms with Crippen molar-refractivity contribution in [2.45, 2.75) is 19.3 Å². The van der Waals surface area contributed by atoms with Crippen molar-refractivity contribution in [2.75, 3.05) is 20.1 Å². The van der Waals surface area contributed by atoms with Gasteiger partial charge >= 0.3 is 0 Å². The summed E-state index contributed by atoms with van der Waals surface area (Å²) in [6.45, 7) is 1.97. The molecule has 0 spiro atoms. The molecule has 16 heavy (non-hydrogen) atoms. The van der Waals surface area contributed by atoms with E-state index in [-0.39, 0.29) is 11.7 Å². The molecule has 0 saturated carbocycles. The van der Waals surface area contributed by atoms with Gasteiger partial charge in [0.15, 0.2) is 0 Å². The summed E-state index contributed by atoms with van der Waals surface area (Å²) in [6, 6.07) is 1.66. The summed E-state index contributed by atoms with van der Waals surface area (Å²) < 4.78 is 12.7. The first kappa shape index (κ1) is 11.3. The second kappa shape index (κ2) is 4.78. The number of nitrogens with zero attached hydrogens (tertiary/aromatic N) is 2. The van der Waals surface area contributed by atoms with E-state index in [0.717, 1.165) is 31.5 Å². The molecule has 0 atom stereocenters. The minimum Gasteiger partial charge on any atom is -0.306 e. The Morgan fingerprint density at radius 3 is 2.75 bits per heavy atom. The molecule has 1 saturated heterocycles. The van der Waals surface area contributed by atoms with Crippen LogP contribution in [0.3, 0.4) is 0 Å². The van der Waals surface area contributed by atoms with E-state index in [0.29, 0.717) is 11.2 Å². The molecule has 1 aliphatic rings. The van der Waals surface area contributed by atoms with Crippen LogP contribution in [-0.2, 0) is 11.2 Å². The topological polar surface area (TPSA) is 25.2 Å². The Balaban J connectivity index is 1.88. The van der Waals surface area contributed by atoms with Gasteiger partial charge in [0.25, 0.3) is 0 Å². The zero-order valence-corrected chi connectivity index (χ0v) is 9.53. The number of rotatable bonds is 3. The lowest BCUT2D eigenvalue weighted by Crippen LogP contribution is -2.34. The van der Waals surface area contributed by atoms with Gasteiger partial charge in [-0.15, -0.1) is 0 Å². The molecule has 3 nitrogen and oxygen atoms in total. The molecule has 0 N–H and O–H groups in total. The number of hydrogen-bond donors (Lipinski definition) is 0. The molecule has 4 heteroatoms. The summed E-state index contributed by atoms with van der Waals surface area (Å²) in [7, 11) is 2.07. The van der Waals surface area contributed by atoms with Gasteiger partial charge in [-0.3, -0.25) is 4.79 Å². The van der Waals surface area contributed by atoms with Crippen molar-refractivity contribution in [3.05, 3.63) is 24.0 Å². The third kappa shape index (κ3) is 2.70. The molecule has 0 radical (unpaired) electrons. The molecule has 0 aliphatic carbocycles. The van der Waals surface area contributed by atoms with Crippen molar-refractivity contribution >= 4 is 5.78 Å². The molecule has 1 aromatic rings. The molecule has 1 fully saturated rings. The molecule has 88 valence electrons. The van der Waals surface area contributed by atoms with Crippen LogP contribution in [0, 0.1) is 5.92 Å². The van der Waals surface area contributed by atoms with Crippen molar-refractivity contribution in [2.24, 2.45) is 5.92 Å². The standard InChI is InChI=1S/C12H17FN2O/c1-14-5-3-11(4-6-14)12(16)8-10-2-7-15(13)9-10/h2,7,9,11H,3-6,8H2,1H3. The van der Waals surface area contributed by atoms with Crippen LogP contribution in [0.1, 0.15) is 18.4 Å². The number of ketones is 1. The van der Waals surface area contributed by atoms with Gasteiger partial charge in [-0.2, -0.15) is 4.79 Å². The number of carbonyl (C=O) groups is 1. The predicted octanol–water partition coefficient (Wildman–Crippen LogP) is 1.67. The average molecular weight is 224 g/mol. The zero-order valence-electron chi connectivity index (χ0n) is 9.53. The fourth-order valence-electron chi connectivity index (χ4n) is 2.19. The largest absolute Gasteiger partial charge is 0.306 e. The maximum atomic E-state index is 12.7. The van der Waals surface area contributed by atoms with Gasteiger partial charge < -0.3 is 4.90 Å². The van der Waals surface area contributed by atoms with E-state index in [2.05, 4.69) is 11.9 Å². The maximum absolute atomic E-state index is 12.7. The summed E-state index contributed by atoms with van der Waals surface area (Å²) >= 11 is 0. The van der Waals surface area contributed by atoms with Gasteiger partial charge in [-0.25, -0.2) is 0 Å². The van der Waals surface area contributed by atoms with E-state index < -0.39 is 0 Å². The van der Waals surface area contributed by atoms with E-state index in [1.807, 2.05) is 0 Å². The van der Waals surface area contributed by atoms with Crippen molar-refractivity contribution in [1.29, 1.82) is 0 Å². The summed E-state index contributed by atoms with van der Waals surface area (Å²) in [5.74, 6) is 0.415. The Bertz CT molecular complexity index is 367. The molecule has 1 aromatic heterocycles. The Kier molecular flexibility index (Phi) is 3.39. The Hall–Kier alpha value is -1.16. The van der Waals surface area contributed by atoms with Crippen molar-refractivity contribution in [3.63, 3.8) is 0 Å². The van der Waals surface area contributed by atoms with Crippen LogP contribution >= 0.6 is 0 Å². The average Bonchev–Trinajstić information content (AvgIpc) is 2.65. The molecular weight excluding hydrogens is 207 g/mol. The number of hydrogen-bond acceptors (Lipinski definition) is 2. The van der Waals surface area contributed by atoms with Crippen molar-refractivity contribution < 1.29 is 9.28 Å². The summed E-state index contributed by atoms with van der Waals surface area (Å²) in [5, 5.41) is 0. The first-order valence-corrected chi connectivity index (χ1v) is 5.69. The second-order valence-corrected chi connectivity index (χ2v) is 4.58. The fraction of sp³-hybridized carbons (Fsp3) is 0.583. The van der Waals surface area contributed by atoms with Crippen molar-refractivity contribution in [1.82, 2.24) is 9.69 Å². The van der Waals surface area contributed by atoms with Crippen LogP contribution in [0.5, 0.6) is 0 Å². The van der Waals surface area contributed by atoms with Gasteiger partial charge in [-0.1, -0.05) is 4.48 Å². The summed E-state index contributed by atoms with van der Waals surface area (Å²) in [5.41, 5.74) is 0.770. The number of aromatic nitrogens is 1. The molecule has 0 bridgehead atoms.